The lowest BCUT2D eigenvalue weighted by Crippen LogP contribution is -2.08. The number of nitrogens with zero attached hydrogens (tertiary/aromatic N) is 3. The van der Waals surface area contributed by atoms with E-state index in [1.54, 1.807) is 0 Å². The monoisotopic (exact) mass is 311 g/mol. The van der Waals surface area contributed by atoms with Crippen LogP contribution in [0.3, 0.4) is 0 Å². The molecule has 0 aliphatic rings. The zero-order chi connectivity index (χ0) is 15.7. The van der Waals surface area contributed by atoms with Gasteiger partial charge in [-0.05, 0) is 44.0 Å². The van der Waals surface area contributed by atoms with Crippen LogP contribution in [-0.4, -0.2) is 26.1 Å². The maximum atomic E-state index is 12.6. The fraction of sp³-hybridized carbons (Fsp3) is 0.235. The van der Waals surface area contributed by atoms with Gasteiger partial charge in [0.15, 0.2) is 16.6 Å². The van der Waals surface area contributed by atoms with Gasteiger partial charge in [-0.15, -0.1) is 10.2 Å². The van der Waals surface area contributed by atoms with Crippen LogP contribution in [0.5, 0.6) is 0 Å². The van der Waals surface area contributed by atoms with Crippen molar-refractivity contribution in [2.75, 3.05) is 5.75 Å². The molecule has 0 fully saturated rings. The van der Waals surface area contributed by atoms with Crippen LogP contribution in [0.25, 0.3) is 5.65 Å². The highest BCUT2D eigenvalue weighted by atomic mass is 32.2. The zero-order valence-corrected chi connectivity index (χ0v) is 13.6. The van der Waals surface area contributed by atoms with E-state index in [0.29, 0.717) is 5.75 Å². The van der Waals surface area contributed by atoms with Crippen molar-refractivity contribution in [3.63, 3.8) is 0 Å². The molecule has 0 unspecified atom stereocenters. The number of carbonyl (C=O) groups is 1. The van der Waals surface area contributed by atoms with Crippen LogP contribution >= 0.6 is 11.8 Å². The summed E-state index contributed by atoms with van der Waals surface area (Å²) in [6, 6.07) is 9.85. The van der Waals surface area contributed by atoms with Crippen molar-refractivity contribution in [1.29, 1.82) is 0 Å². The van der Waals surface area contributed by atoms with Crippen LogP contribution < -0.4 is 0 Å². The highest BCUT2D eigenvalue weighted by Crippen LogP contribution is 2.22. The second-order valence-corrected chi connectivity index (χ2v) is 6.34. The molecule has 0 aliphatic carbocycles. The molecule has 1 aromatic carbocycles. The lowest BCUT2D eigenvalue weighted by molar-refractivity contribution is 0.102. The summed E-state index contributed by atoms with van der Waals surface area (Å²) in [6.45, 7) is 6.03. The highest BCUT2D eigenvalue weighted by Gasteiger charge is 2.15. The van der Waals surface area contributed by atoms with Crippen LogP contribution in [0.4, 0.5) is 0 Å². The van der Waals surface area contributed by atoms with Crippen molar-refractivity contribution in [3.8, 4) is 0 Å². The van der Waals surface area contributed by atoms with Gasteiger partial charge in [-0.25, -0.2) is 0 Å². The van der Waals surface area contributed by atoms with E-state index in [0.717, 1.165) is 27.5 Å². The Morgan fingerprint density at radius 3 is 2.59 bits per heavy atom. The summed E-state index contributed by atoms with van der Waals surface area (Å²) in [7, 11) is 0. The number of thioether (sulfide) groups is 1. The van der Waals surface area contributed by atoms with Crippen molar-refractivity contribution >= 4 is 23.2 Å². The van der Waals surface area contributed by atoms with E-state index >= 15 is 0 Å². The van der Waals surface area contributed by atoms with E-state index in [-0.39, 0.29) is 5.78 Å². The Kier molecular flexibility index (Phi) is 3.98. The predicted molar refractivity (Wildman–Crippen MR) is 88.7 cm³/mol. The minimum Gasteiger partial charge on any atom is -0.293 e. The summed E-state index contributed by atoms with van der Waals surface area (Å²) in [6.07, 6.45) is 1.91. The molecule has 0 aliphatic heterocycles. The molecular weight excluding hydrogens is 294 g/mol. The van der Waals surface area contributed by atoms with E-state index in [9.17, 15) is 4.79 Å². The van der Waals surface area contributed by atoms with E-state index < -0.39 is 0 Å². The number of rotatable bonds is 4. The summed E-state index contributed by atoms with van der Waals surface area (Å²) in [4.78, 5) is 12.6. The molecule has 4 nitrogen and oxygen atoms in total. The van der Waals surface area contributed by atoms with Gasteiger partial charge in [-0.3, -0.25) is 9.20 Å². The second kappa shape index (κ2) is 5.93. The second-order valence-electron chi connectivity index (χ2n) is 5.40. The molecule has 0 amide bonds. The standard InChI is InChI=1S/C17H17N3OS/c1-11-8-12(2)16(13(3)9-11)14(21)10-22-17-19-18-15-6-4-5-7-20(15)17/h4-9H,10H2,1-3H3. The van der Waals surface area contributed by atoms with Crippen molar-refractivity contribution in [1.82, 2.24) is 14.6 Å². The van der Waals surface area contributed by atoms with Crippen molar-refractivity contribution in [2.45, 2.75) is 25.9 Å². The molecule has 2 heterocycles. The SMILES string of the molecule is Cc1cc(C)c(C(=O)CSc2nnc3ccccn23)c(C)c1. The van der Waals surface area contributed by atoms with Crippen LogP contribution in [0.2, 0.25) is 0 Å². The molecule has 0 bridgehead atoms. The van der Waals surface area contributed by atoms with Crippen LogP contribution in [0.15, 0.2) is 41.7 Å². The molecule has 5 heteroatoms. The fourth-order valence-corrected chi connectivity index (χ4v) is 3.54. The molecule has 112 valence electrons. The molecule has 2 aromatic heterocycles. The normalized spacial score (nSPS) is 11.0. The first-order valence-electron chi connectivity index (χ1n) is 7.10. The van der Waals surface area contributed by atoms with Gasteiger partial charge in [0.05, 0.1) is 5.75 Å². The number of hydrogen-bond donors (Lipinski definition) is 0. The average Bonchev–Trinajstić information content (AvgIpc) is 2.87. The summed E-state index contributed by atoms with van der Waals surface area (Å²) in [5, 5.41) is 8.98. The number of benzene rings is 1. The lowest BCUT2D eigenvalue weighted by atomic mass is 9.97. The van der Waals surface area contributed by atoms with Crippen LogP contribution in [0.1, 0.15) is 27.0 Å². The third-order valence-corrected chi connectivity index (χ3v) is 4.51. The topological polar surface area (TPSA) is 47.3 Å². The Morgan fingerprint density at radius 2 is 1.86 bits per heavy atom. The number of hydrogen-bond acceptors (Lipinski definition) is 4. The van der Waals surface area contributed by atoms with Gasteiger partial charge in [0.1, 0.15) is 0 Å². The highest BCUT2D eigenvalue weighted by molar-refractivity contribution is 7.99. The van der Waals surface area contributed by atoms with E-state index in [2.05, 4.69) is 22.3 Å². The first kappa shape index (κ1) is 14.8. The molecule has 0 atom stereocenters. The van der Waals surface area contributed by atoms with Gasteiger partial charge in [0.2, 0.25) is 0 Å². The van der Waals surface area contributed by atoms with E-state index in [1.165, 1.54) is 17.3 Å². The van der Waals surface area contributed by atoms with Crippen molar-refractivity contribution < 1.29 is 4.79 Å². The molecule has 0 saturated heterocycles. The van der Waals surface area contributed by atoms with Gasteiger partial charge in [-0.2, -0.15) is 0 Å². The first-order valence-corrected chi connectivity index (χ1v) is 8.08. The molecule has 0 saturated carbocycles. The summed E-state index contributed by atoms with van der Waals surface area (Å²) in [5.41, 5.74) is 4.87. The minimum atomic E-state index is 0.132. The zero-order valence-electron chi connectivity index (χ0n) is 12.8. The minimum absolute atomic E-state index is 0.132. The largest absolute Gasteiger partial charge is 0.293 e. The van der Waals surface area contributed by atoms with Crippen molar-refractivity contribution in [2.24, 2.45) is 0 Å². The molecule has 3 rings (SSSR count). The number of aryl methyl sites for hydroxylation is 3. The average molecular weight is 311 g/mol. The predicted octanol–water partition coefficient (Wildman–Crippen LogP) is 3.63. The Balaban J connectivity index is 1.81. The third kappa shape index (κ3) is 2.76. The first-order chi connectivity index (χ1) is 10.6. The number of fused-ring (bicyclic) bond motifs is 1. The van der Waals surface area contributed by atoms with Gasteiger partial charge in [0.25, 0.3) is 0 Å². The molecule has 0 radical (unpaired) electrons. The quantitative estimate of drug-likeness (QED) is 0.545. The van der Waals surface area contributed by atoms with Crippen molar-refractivity contribution in [3.05, 3.63) is 58.8 Å². The maximum absolute atomic E-state index is 12.6. The number of carbonyl (C=O) groups excluding carboxylic acids is 1. The third-order valence-electron chi connectivity index (χ3n) is 3.57. The summed E-state index contributed by atoms with van der Waals surface area (Å²) in [5.74, 6) is 0.494. The fourth-order valence-electron chi connectivity index (χ4n) is 2.74. The molecule has 3 aromatic rings. The van der Waals surface area contributed by atoms with E-state index in [1.807, 2.05) is 49.6 Å². The van der Waals surface area contributed by atoms with Gasteiger partial charge in [-0.1, -0.05) is 35.5 Å². The Hall–Kier alpha value is -2.14. The van der Waals surface area contributed by atoms with Crippen LogP contribution in [0, 0.1) is 20.8 Å². The van der Waals surface area contributed by atoms with Crippen LogP contribution in [-0.2, 0) is 0 Å². The number of pyridine rings is 1. The number of aromatic nitrogens is 3. The maximum Gasteiger partial charge on any atom is 0.196 e. The Bertz CT molecular complexity index is 831. The number of ketones is 1. The molecule has 0 N–H and O–H groups in total. The lowest BCUT2D eigenvalue weighted by Gasteiger charge is -2.09. The Morgan fingerprint density at radius 1 is 1.14 bits per heavy atom. The Labute approximate surface area is 133 Å². The summed E-state index contributed by atoms with van der Waals surface area (Å²) >= 11 is 1.42. The van der Waals surface area contributed by atoms with Gasteiger partial charge in [0, 0.05) is 11.8 Å². The smallest absolute Gasteiger partial charge is 0.196 e. The van der Waals surface area contributed by atoms with Gasteiger partial charge < -0.3 is 0 Å². The molecule has 22 heavy (non-hydrogen) atoms. The molecule has 0 spiro atoms. The number of Topliss-reactive ketones (excluding diaryl/α,β-unsaturated/α-hetero) is 1. The molecular formula is C17H17N3OS. The van der Waals surface area contributed by atoms with Gasteiger partial charge >= 0.3 is 0 Å². The van der Waals surface area contributed by atoms with E-state index in [4.69, 9.17) is 0 Å². The summed E-state index contributed by atoms with van der Waals surface area (Å²) < 4.78 is 1.90.